The molecule has 1 aliphatic carbocycles. The highest BCUT2D eigenvalue weighted by atomic mass is 16.5. The van der Waals surface area contributed by atoms with Crippen LogP contribution >= 0.6 is 0 Å². The van der Waals surface area contributed by atoms with E-state index in [1.165, 1.54) is 24.0 Å². The van der Waals surface area contributed by atoms with Gasteiger partial charge in [-0.2, -0.15) is 0 Å². The summed E-state index contributed by atoms with van der Waals surface area (Å²) in [5.41, 5.74) is 2.55. The van der Waals surface area contributed by atoms with Crippen LogP contribution in [0.25, 0.3) is 0 Å². The van der Waals surface area contributed by atoms with E-state index >= 15 is 0 Å². The summed E-state index contributed by atoms with van der Waals surface area (Å²) in [5.74, 6) is 1.87. The fraction of sp³-hybridized carbons (Fsp3) is 0.600. The van der Waals surface area contributed by atoms with E-state index in [0.717, 1.165) is 11.7 Å². The molecule has 0 aromatic heterocycles. The normalized spacial score (nSPS) is 18.8. The molecule has 0 saturated heterocycles. The third-order valence-corrected chi connectivity index (χ3v) is 3.69. The zero-order valence-electron chi connectivity index (χ0n) is 11.3. The second-order valence-corrected chi connectivity index (χ2v) is 5.26. The Kier molecular flexibility index (Phi) is 3.72. The molecule has 0 amide bonds. The van der Waals surface area contributed by atoms with Crippen molar-refractivity contribution in [2.75, 3.05) is 7.11 Å². The zero-order valence-corrected chi connectivity index (χ0v) is 11.3. The Morgan fingerprint density at radius 2 is 2.00 bits per heavy atom. The molecule has 1 fully saturated rings. The number of benzene rings is 1. The first-order chi connectivity index (χ1) is 8.11. The lowest BCUT2D eigenvalue weighted by Crippen LogP contribution is -2.30. The molecular formula is C15H23NO. The van der Waals surface area contributed by atoms with Crippen LogP contribution in [0.4, 0.5) is 0 Å². The second kappa shape index (κ2) is 5.09. The molecule has 2 heteroatoms. The lowest BCUT2D eigenvalue weighted by molar-refractivity contribution is 0.389. The van der Waals surface area contributed by atoms with Gasteiger partial charge in [0.05, 0.1) is 7.11 Å². The van der Waals surface area contributed by atoms with Gasteiger partial charge in [-0.25, -0.2) is 0 Å². The number of methoxy groups -OCH3 is 1. The van der Waals surface area contributed by atoms with Gasteiger partial charge in [-0.3, -0.25) is 0 Å². The minimum Gasteiger partial charge on any atom is -0.496 e. The van der Waals surface area contributed by atoms with E-state index < -0.39 is 0 Å². The molecule has 0 spiro atoms. The van der Waals surface area contributed by atoms with Gasteiger partial charge in [0, 0.05) is 17.6 Å². The Balaban J connectivity index is 2.10. The van der Waals surface area contributed by atoms with E-state index in [-0.39, 0.29) is 0 Å². The highest BCUT2D eigenvalue weighted by molar-refractivity contribution is 5.38. The first-order valence-electron chi connectivity index (χ1n) is 6.52. The Morgan fingerprint density at radius 1 is 1.29 bits per heavy atom. The Hall–Kier alpha value is -1.02. The maximum atomic E-state index is 5.44. The number of hydrogen-bond donors (Lipinski definition) is 1. The fourth-order valence-electron chi connectivity index (χ4n) is 2.41. The minimum atomic E-state index is 0.348. The maximum Gasteiger partial charge on any atom is 0.123 e. The van der Waals surface area contributed by atoms with E-state index in [9.17, 15) is 0 Å². The minimum absolute atomic E-state index is 0.348. The number of rotatable bonds is 5. The number of hydrogen-bond acceptors (Lipinski definition) is 2. The molecule has 1 aromatic rings. The average molecular weight is 233 g/mol. The van der Waals surface area contributed by atoms with E-state index in [1.54, 1.807) is 7.11 Å². The molecule has 0 radical (unpaired) electrons. The van der Waals surface area contributed by atoms with Crippen molar-refractivity contribution in [1.29, 1.82) is 0 Å². The lowest BCUT2D eigenvalue weighted by atomic mass is 10.0. The van der Waals surface area contributed by atoms with Crippen LogP contribution in [0.1, 0.15) is 43.9 Å². The third-order valence-electron chi connectivity index (χ3n) is 3.69. The molecule has 0 heterocycles. The summed E-state index contributed by atoms with van der Waals surface area (Å²) >= 11 is 0. The van der Waals surface area contributed by atoms with Crippen molar-refractivity contribution < 1.29 is 4.74 Å². The molecule has 1 aromatic carbocycles. The van der Waals surface area contributed by atoms with Crippen LogP contribution in [0.3, 0.4) is 0 Å². The second-order valence-electron chi connectivity index (χ2n) is 5.26. The third kappa shape index (κ3) is 3.01. The molecule has 0 bridgehead atoms. The van der Waals surface area contributed by atoms with Gasteiger partial charge in [0.25, 0.3) is 0 Å². The summed E-state index contributed by atoms with van der Waals surface area (Å²) in [6.45, 7) is 6.63. The molecule has 1 N–H and O–H groups in total. The first-order valence-corrected chi connectivity index (χ1v) is 6.52. The summed E-state index contributed by atoms with van der Waals surface area (Å²) in [4.78, 5) is 0. The quantitative estimate of drug-likeness (QED) is 0.841. The van der Waals surface area contributed by atoms with E-state index in [1.807, 2.05) is 0 Å². The van der Waals surface area contributed by atoms with Gasteiger partial charge < -0.3 is 10.1 Å². The SMILES string of the molecule is COc1ccc(C)cc1C(C)NC(C)C1CC1. The van der Waals surface area contributed by atoms with Crippen molar-refractivity contribution in [2.24, 2.45) is 5.92 Å². The van der Waals surface area contributed by atoms with Gasteiger partial charge in [0.1, 0.15) is 5.75 Å². The smallest absolute Gasteiger partial charge is 0.123 e. The Bertz CT molecular complexity index is 385. The summed E-state index contributed by atoms with van der Waals surface area (Å²) in [7, 11) is 1.74. The Morgan fingerprint density at radius 3 is 2.59 bits per heavy atom. The van der Waals surface area contributed by atoms with Gasteiger partial charge in [-0.15, -0.1) is 0 Å². The van der Waals surface area contributed by atoms with Crippen LogP contribution in [-0.4, -0.2) is 13.2 Å². The highest BCUT2D eigenvalue weighted by Crippen LogP contribution is 2.34. The fourth-order valence-corrected chi connectivity index (χ4v) is 2.41. The molecule has 2 nitrogen and oxygen atoms in total. The largest absolute Gasteiger partial charge is 0.496 e. The summed E-state index contributed by atoms with van der Waals surface area (Å²) in [6, 6.07) is 7.33. The van der Waals surface area contributed by atoms with Crippen LogP contribution in [0.2, 0.25) is 0 Å². The van der Waals surface area contributed by atoms with Crippen molar-refractivity contribution in [1.82, 2.24) is 5.32 Å². The standard InChI is InChI=1S/C15H23NO/c1-10-5-8-15(17-4)14(9-10)12(3)16-11(2)13-6-7-13/h5,8-9,11-13,16H,6-7H2,1-4H3. The summed E-state index contributed by atoms with van der Waals surface area (Å²) < 4.78 is 5.44. The number of nitrogens with one attached hydrogen (secondary N) is 1. The van der Waals surface area contributed by atoms with Crippen LogP contribution in [0.5, 0.6) is 5.75 Å². The first kappa shape index (κ1) is 12.4. The van der Waals surface area contributed by atoms with E-state index in [0.29, 0.717) is 12.1 Å². The summed E-state index contributed by atoms with van der Waals surface area (Å²) in [5, 5.41) is 3.68. The molecule has 2 rings (SSSR count). The zero-order chi connectivity index (χ0) is 12.4. The van der Waals surface area contributed by atoms with Crippen molar-refractivity contribution in [3.8, 4) is 5.75 Å². The van der Waals surface area contributed by atoms with Crippen molar-refractivity contribution in [3.05, 3.63) is 29.3 Å². The van der Waals surface area contributed by atoms with Crippen molar-refractivity contribution in [3.63, 3.8) is 0 Å². The van der Waals surface area contributed by atoms with Gasteiger partial charge in [-0.05, 0) is 45.6 Å². The van der Waals surface area contributed by atoms with Gasteiger partial charge in [-0.1, -0.05) is 17.7 Å². The average Bonchev–Trinajstić information content (AvgIpc) is 3.12. The van der Waals surface area contributed by atoms with Crippen LogP contribution in [-0.2, 0) is 0 Å². The van der Waals surface area contributed by atoms with Crippen molar-refractivity contribution in [2.45, 2.75) is 45.7 Å². The molecule has 2 atom stereocenters. The van der Waals surface area contributed by atoms with Gasteiger partial charge >= 0.3 is 0 Å². The summed E-state index contributed by atoms with van der Waals surface area (Å²) in [6.07, 6.45) is 2.76. The molecule has 1 saturated carbocycles. The monoisotopic (exact) mass is 233 g/mol. The van der Waals surface area contributed by atoms with Crippen LogP contribution in [0, 0.1) is 12.8 Å². The van der Waals surface area contributed by atoms with Gasteiger partial charge in [0.15, 0.2) is 0 Å². The van der Waals surface area contributed by atoms with Gasteiger partial charge in [0.2, 0.25) is 0 Å². The van der Waals surface area contributed by atoms with Crippen molar-refractivity contribution >= 4 is 0 Å². The van der Waals surface area contributed by atoms with E-state index in [4.69, 9.17) is 4.74 Å². The molecular weight excluding hydrogens is 210 g/mol. The highest BCUT2D eigenvalue weighted by Gasteiger charge is 2.29. The lowest BCUT2D eigenvalue weighted by Gasteiger charge is -2.22. The predicted octanol–water partition coefficient (Wildman–Crippen LogP) is 3.45. The topological polar surface area (TPSA) is 21.3 Å². The molecule has 1 aliphatic rings. The predicted molar refractivity (Wildman–Crippen MR) is 71.5 cm³/mol. The van der Waals surface area contributed by atoms with E-state index in [2.05, 4.69) is 44.3 Å². The molecule has 17 heavy (non-hydrogen) atoms. The number of aryl methyl sites for hydroxylation is 1. The molecule has 2 unspecified atom stereocenters. The maximum absolute atomic E-state index is 5.44. The number of ether oxygens (including phenoxy) is 1. The molecule has 94 valence electrons. The Labute approximate surface area is 104 Å². The molecule has 0 aliphatic heterocycles. The van der Waals surface area contributed by atoms with Crippen LogP contribution < -0.4 is 10.1 Å². The van der Waals surface area contributed by atoms with Crippen LogP contribution in [0.15, 0.2) is 18.2 Å².